The summed E-state index contributed by atoms with van der Waals surface area (Å²) in [6.07, 6.45) is -0.309. The molecular formula is C13H20FN3O. The average molecular weight is 253 g/mol. The van der Waals surface area contributed by atoms with Crippen LogP contribution in [-0.2, 0) is 0 Å². The first-order valence-corrected chi connectivity index (χ1v) is 6.36. The maximum Gasteiger partial charge on any atom is 0.214 e. The van der Waals surface area contributed by atoms with Crippen LogP contribution in [-0.4, -0.2) is 53.3 Å². The molecule has 1 aliphatic heterocycles. The van der Waals surface area contributed by atoms with Gasteiger partial charge in [-0.05, 0) is 26.0 Å². The number of aliphatic hydroxyl groups excluding tert-OH is 1. The van der Waals surface area contributed by atoms with Gasteiger partial charge in [0.05, 0.1) is 6.10 Å². The Kier molecular flexibility index (Phi) is 4.14. The minimum absolute atomic E-state index is 0.270. The summed E-state index contributed by atoms with van der Waals surface area (Å²) in [6, 6.07) is 5.15. The van der Waals surface area contributed by atoms with E-state index in [1.165, 1.54) is 6.07 Å². The van der Waals surface area contributed by atoms with Crippen LogP contribution in [0.25, 0.3) is 0 Å². The fourth-order valence-corrected chi connectivity index (χ4v) is 2.47. The van der Waals surface area contributed by atoms with Gasteiger partial charge >= 0.3 is 0 Å². The number of β-amino-alcohol motifs (C(OH)–C–C–N with tert-alkyl or cyclic N) is 1. The van der Waals surface area contributed by atoms with E-state index in [0.717, 1.165) is 19.6 Å². The molecule has 0 amide bonds. The highest BCUT2D eigenvalue weighted by molar-refractivity contribution is 5.40. The van der Waals surface area contributed by atoms with Crippen LogP contribution in [0.2, 0.25) is 0 Å². The summed E-state index contributed by atoms with van der Waals surface area (Å²) < 4.78 is 13.1. The maximum absolute atomic E-state index is 13.1. The van der Waals surface area contributed by atoms with Crippen molar-refractivity contribution in [2.45, 2.75) is 26.0 Å². The molecule has 0 spiro atoms. The predicted octanol–water partition coefficient (Wildman–Crippen LogP) is 1.11. The molecule has 1 aromatic heterocycles. The largest absolute Gasteiger partial charge is 0.392 e. The lowest BCUT2D eigenvalue weighted by Gasteiger charge is -2.40. The monoisotopic (exact) mass is 253 g/mol. The Bertz CT molecular complexity index is 400. The molecule has 18 heavy (non-hydrogen) atoms. The molecule has 2 rings (SSSR count). The molecule has 0 aliphatic carbocycles. The normalized spacial score (nSPS) is 23.1. The van der Waals surface area contributed by atoms with Crippen molar-refractivity contribution in [1.29, 1.82) is 0 Å². The van der Waals surface area contributed by atoms with Crippen molar-refractivity contribution in [2.24, 2.45) is 0 Å². The Morgan fingerprint density at radius 1 is 1.50 bits per heavy atom. The molecule has 0 saturated carbocycles. The molecule has 100 valence electrons. The number of pyridine rings is 1. The first-order valence-electron chi connectivity index (χ1n) is 6.36. The molecule has 2 atom stereocenters. The summed E-state index contributed by atoms with van der Waals surface area (Å²) in [5.74, 6) is 0.255. The fourth-order valence-electron chi connectivity index (χ4n) is 2.47. The number of aliphatic hydroxyl groups is 1. The Hall–Kier alpha value is -1.20. The Morgan fingerprint density at radius 2 is 2.28 bits per heavy atom. The van der Waals surface area contributed by atoms with E-state index in [9.17, 15) is 9.50 Å². The number of piperazine rings is 1. The Morgan fingerprint density at radius 3 is 2.89 bits per heavy atom. The number of anilines is 1. The molecule has 5 heteroatoms. The van der Waals surface area contributed by atoms with E-state index in [-0.39, 0.29) is 12.1 Å². The number of hydrogen-bond donors (Lipinski definition) is 1. The molecular weight excluding hydrogens is 233 g/mol. The van der Waals surface area contributed by atoms with E-state index >= 15 is 0 Å². The van der Waals surface area contributed by atoms with Crippen LogP contribution in [0, 0.1) is 5.95 Å². The molecule has 0 aromatic carbocycles. The van der Waals surface area contributed by atoms with Gasteiger partial charge in [-0.2, -0.15) is 4.39 Å². The van der Waals surface area contributed by atoms with E-state index < -0.39 is 5.95 Å². The van der Waals surface area contributed by atoms with Crippen molar-refractivity contribution in [1.82, 2.24) is 9.88 Å². The van der Waals surface area contributed by atoms with Crippen molar-refractivity contribution < 1.29 is 9.50 Å². The molecule has 2 unspecified atom stereocenters. The van der Waals surface area contributed by atoms with Crippen molar-refractivity contribution in [3.05, 3.63) is 24.1 Å². The molecule has 1 aliphatic rings. The predicted molar refractivity (Wildman–Crippen MR) is 69.1 cm³/mol. The van der Waals surface area contributed by atoms with Gasteiger partial charge in [-0.3, -0.25) is 4.90 Å². The average Bonchev–Trinajstić information content (AvgIpc) is 2.28. The Balaban J connectivity index is 2.01. The summed E-state index contributed by atoms with van der Waals surface area (Å²) in [6.45, 7) is 7.13. The molecule has 1 N–H and O–H groups in total. The standard InChI is InChI=1S/C13H20FN3O/c1-10-8-16(9-11(2)18)6-7-17(10)13-5-3-4-12(14)15-13/h3-5,10-11,18H,6-9H2,1-2H3. The Labute approximate surface area is 107 Å². The van der Waals surface area contributed by atoms with Gasteiger partial charge in [0.1, 0.15) is 5.82 Å². The second kappa shape index (κ2) is 5.63. The number of nitrogens with zero attached hydrogens (tertiary/aromatic N) is 3. The van der Waals surface area contributed by atoms with Crippen LogP contribution < -0.4 is 4.90 Å². The van der Waals surface area contributed by atoms with Crippen molar-refractivity contribution in [3.63, 3.8) is 0 Å². The minimum atomic E-state index is -0.439. The first-order chi connectivity index (χ1) is 8.56. The second-order valence-corrected chi connectivity index (χ2v) is 4.97. The van der Waals surface area contributed by atoms with Gasteiger partial charge < -0.3 is 10.0 Å². The highest BCUT2D eigenvalue weighted by Gasteiger charge is 2.25. The second-order valence-electron chi connectivity index (χ2n) is 4.97. The highest BCUT2D eigenvalue weighted by Crippen LogP contribution is 2.18. The SMILES string of the molecule is CC(O)CN1CCN(c2cccc(F)n2)C(C)C1. The summed E-state index contributed by atoms with van der Waals surface area (Å²) >= 11 is 0. The zero-order valence-electron chi connectivity index (χ0n) is 10.9. The van der Waals surface area contributed by atoms with Gasteiger partial charge in [0, 0.05) is 32.2 Å². The smallest absolute Gasteiger partial charge is 0.214 e. The van der Waals surface area contributed by atoms with Crippen molar-refractivity contribution in [3.8, 4) is 0 Å². The van der Waals surface area contributed by atoms with Gasteiger partial charge in [-0.1, -0.05) is 6.07 Å². The number of aromatic nitrogens is 1. The van der Waals surface area contributed by atoms with Crippen LogP contribution in [0.4, 0.5) is 10.2 Å². The van der Waals surface area contributed by atoms with Crippen LogP contribution in [0.1, 0.15) is 13.8 Å². The maximum atomic E-state index is 13.1. The third kappa shape index (κ3) is 3.17. The summed E-state index contributed by atoms with van der Waals surface area (Å²) in [7, 11) is 0. The molecule has 4 nitrogen and oxygen atoms in total. The number of rotatable bonds is 3. The lowest BCUT2D eigenvalue weighted by Crippen LogP contribution is -2.53. The van der Waals surface area contributed by atoms with E-state index in [0.29, 0.717) is 12.4 Å². The van der Waals surface area contributed by atoms with Gasteiger partial charge in [0.2, 0.25) is 5.95 Å². The van der Waals surface area contributed by atoms with Crippen molar-refractivity contribution in [2.75, 3.05) is 31.1 Å². The fraction of sp³-hybridized carbons (Fsp3) is 0.615. The van der Waals surface area contributed by atoms with Crippen LogP contribution in [0.3, 0.4) is 0 Å². The molecule has 0 radical (unpaired) electrons. The van der Waals surface area contributed by atoms with Gasteiger partial charge in [-0.15, -0.1) is 0 Å². The zero-order valence-corrected chi connectivity index (χ0v) is 10.9. The van der Waals surface area contributed by atoms with E-state index in [2.05, 4.69) is 21.7 Å². The quantitative estimate of drug-likeness (QED) is 0.819. The van der Waals surface area contributed by atoms with Crippen LogP contribution >= 0.6 is 0 Å². The summed E-state index contributed by atoms with van der Waals surface area (Å²) in [5, 5.41) is 9.39. The molecule has 1 saturated heterocycles. The topological polar surface area (TPSA) is 39.6 Å². The number of halogens is 1. The molecule has 1 aromatic rings. The van der Waals surface area contributed by atoms with E-state index in [4.69, 9.17) is 0 Å². The van der Waals surface area contributed by atoms with Crippen LogP contribution in [0.15, 0.2) is 18.2 Å². The van der Waals surface area contributed by atoms with E-state index in [1.807, 2.05) is 6.07 Å². The van der Waals surface area contributed by atoms with Crippen LogP contribution in [0.5, 0.6) is 0 Å². The van der Waals surface area contributed by atoms with Crippen molar-refractivity contribution >= 4 is 5.82 Å². The third-order valence-corrected chi connectivity index (χ3v) is 3.23. The van der Waals surface area contributed by atoms with Gasteiger partial charge in [-0.25, -0.2) is 4.98 Å². The lowest BCUT2D eigenvalue weighted by atomic mass is 10.1. The van der Waals surface area contributed by atoms with Gasteiger partial charge in [0.25, 0.3) is 0 Å². The number of hydrogen-bond acceptors (Lipinski definition) is 4. The molecule has 1 fully saturated rings. The minimum Gasteiger partial charge on any atom is -0.392 e. The van der Waals surface area contributed by atoms with Gasteiger partial charge in [0.15, 0.2) is 0 Å². The zero-order chi connectivity index (χ0) is 13.1. The van der Waals surface area contributed by atoms with E-state index in [1.54, 1.807) is 13.0 Å². The summed E-state index contributed by atoms with van der Waals surface area (Å²) in [5.41, 5.74) is 0. The summed E-state index contributed by atoms with van der Waals surface area (Å²) in [4.78, 5) is 8.26. The third-order valence-electron chi connectivity index (χ3n) is 3.23. The molecule has 0 bridgehead atoms. The molecule has 2 heterocycles. The highest BCUT2D eigenvalue weighted by atomic mass is 19.1. The first kappa shape index (κ1) is 13.2. The lowest BCUT2D eigenvalue weighted by molar-refractivity contribution is 0.114.